The standard InChI is InChI=1S/C15H23N3.C2H6/c16-13-6-9-18(12-13)15-7-10-17(11-8-15)14-4-2-1-3-5-14;1-2/h1-5,13,15H,6-12,16H2;1-2H3. The third-order valence-electron chi connectivity index (χ3n) is 4.36. The molecule has 3 nitrogen and oxygen atoms in total. The van der Waals surface area contributed by atoms with Gasteiger partial charge in [-0.1, -0.05) is 32.0 Å². The van der Waals surface area contributed by atoms with E-state index < -0.39 is 0 Å². The first-order valence-electron chi connectivity index (χ1n) is 8.12. The van der Waals surface area contributed by atoms with Crippen molar-refractivity contribution < 1.29 is 0 Å². The van der Waals surface area contributed by atoms with E-state index in [4.69, 9.17) is 5.73 Å². The lowest BCUT2D eigenvalue weighted by Gasteiger charge is -2.37. The number of anilines is 1. The first-order valence-corrected chi connectivity index (χ1v) is 8.12. The van der Waals surface area contributed by atoms with Crippen LogP contribution in [0.2, 0.25) is 0 Å². The van der Waals surface area contributed by atoms with Crippen LogP contribution in [-0.2, 0) is 0 Å². The molecule has 2 saturated heterocycles. The summed E-state index contributed by atoms with van der Waals surface area (Å²) >= 11 is 0. The summed E-state index contributed by atoms with van der Waals surface area (Å²) in [6, 6.07) is 11.9. The molecule has 0 saturated carbocycles. The Morgan fingerprint density at radius 1 is 0.950 bits per heavy atom. The predicted molar refractivity (Wildman–Crippen MR) is 87.2 cm³/mol. The molecular formula is C17H29N3. The molecule has 0 radical (unpaired) electrons. The van der Waals surface area contributed by atoms with Crippen LogP contribution in [-0.4, -0.2) is 43.2 Å². The molecule has 3 heteroatoms. The number of nitrogens with two attached hydrogens (primary N) is 1. The minimum atomic E-state index is 0.414. The van der Waals surface area contributed by atoms with E-state index in [-0.39, 0.29) is 0 Å². The molecular weight excluding hydrogens is 246 g/mol. The molecule has 112 valence electrons. The number of hydrogen-bond acceptors (Lipinski definition) is 3. The summed E-state index contributed by atoms with van der Waals surface area (Å²) in [5, 5.41) is 0. The van der Waals surface area contributed by atoms with Gasteiger partial charge in [0.05, 0.1) is 0 Å². The van der Waals surface area contributed by atoms with Crippen LogP contribution in [0.5, 0.6) is 0 Å². The molecule has 2 fully saturated rings. The Bertz CT molecular complexity index is 371. The Balaban J connectivity index is 0.000000704. The molecule has 1 atom stereocenters. The van der Waals surface area contributed by atoms with Crippen molar-refractivity contribution in [3.63, 3.8) is 0 Å². The molecule has 1 aromatic carbocycles. The number of rotatable bonds is 2. The normalized spacial score (nSPS) is 24.4. The van der Waals surface area contributed by atoms with Crippen LogP contribution in [0.1, 0.15) is 33.1 Å². The number of nitrogens with zero attached hydrogens (tertiary/aromatic N) is 2. The van der Waals surface area contributed by atoms with E-state index in [9.17, 15) is 0 Å². The maximum atomic E-state index is 6.00. The van der Waals surface area contributed by atoms with E-state index in [2.05, 4.69) is 40.1 Å². The number of likely N-dealkylation sites (tertiary alicyclic amines) is 1. The second-order valence-corrected chi connectivity index (χ2v) is 5.60. The molecule has 2 aliphatic heterocycles. The third kappa shape index (κ3) is 3.74. The van der Waals surface area contributed by atoms with Crippen LogP contribution in [0.15, 0.2) is 30.3 Å². The fourth-order valence-corrected chi connectivity index (χ4v) is 3.28. The lowest BCUT2D eigenvalue weighted by molar-refractivity contribution is 0.205. The monoisotopic (exact) mass is 275 g/mol. The van der Waals surface area contributed by atoms with Gasteiger partial charge in [-0.05, 0) is 31.4 Å². The molecule has 20 heavy (non-hydrogen) atoms. The van der Waals surface area contributed by atoms with Crippen LogP contribution in [0.3, 0.4) is 0 Å². The van der Waals surface area contributed by atoms with Gasteiger partial charge in [0.25, 0.3) is 0 Å². The minimum absolute atomic E-state index is 0.414. The van der Waals surface area contributed by atoms with Crippen molar-refractivity contribution in [3.8, 4) is 0 Å². The Kier molecular flexibility index (Phi) is 5.86. The summed E-state index contributed by atoms with van der Waals surface area (Å²) in [4.78, 5) is 5.11. The van der Waals surface area contributed by atoms with Gasteiger partial charge in [0.2, 0.25) is 0 Å². The van der Waals surface area contributed by atoms with Crippen LogP contribution >= 0.6 is 0 Å². The first-order chi connectivity index (χ1) is 9.83. The smallest absolute Gasteiger partial charge is 0.0366 e. The van der Waals surface area contributed by atoms with Gasteiger partial charge in [0.1, 0.15) is 0 Å². The van der Waals surface area contributed by atoms with Crippen molar-refractivity contribution >= 4 is 5.69 Å². The molecule has 1 unspecified atom stereocenters. The summed E-state index contributed by atoms with van der Waals surface area (Å²) in [5.41, 5.74) is 7.37. The van der Waals surface area contributed by atoms with E-state index >= 15 is 0 Å². The molecule has 0 bridgehead atoms. The van der Waals surface area contributed by atoms with Gasteiger partial charge in [0.15, 0.2) is 0 Å². The largest absolute Gasteiger partial charge is 0.371 e. The van der Waals surface area contributed by atoms with Crippen LogP contribution in [0, 0.1) is 0 Å². The fourth-order valence-electron chi connectivity index (χ4n) is 3.28. The quantitative estimate of drug-likeness (QED) is 0.901. The summed E-state index contributed by atoms with van der Waals surface area (Å²) in [7, 11) is 0. The fraction of sp³-hybridized carbons (Fsp3) is 0.647. The highest BCUT2D eigenvalue weighted by Crippen LogP contribution is 2.24. The summed E-state index contributed by atoms with van der Waals surface area (Å²) in [6.45, 7) is 8.67. The highest BCUT2D eigenvalue weighted by molar-refractivity contribution is 5.46. The highest BCUT2D eigenvalue weighted by atomic mass is 15.2. The predicted octanol–water partition coefficient (Wildman–Crippen LogP) is 2.71. The molecule has 0 aliphatic carbocycles. The molecule has 2 N–H and O–H groups in total. The van der Waals surface area contributed by atoms with Crippen molar-refractivity contribution in [2.75, 3.05) is 31.1 Å². The van der Waals surface area contributed by atoms with E-state index in [0.717, 1.165) is 12.6 Å². The van der Waals surface area contributed by atoms with Gasteiger partial charge < -0.3 is 10.6 Å². The number of benzene rings is 1. The van der Waals surface area contributed by atoms with Gasteiger partial charge >= 0.3 is 0 Å². The van der Waals surface area contributed by atoms with E-state index in [1.165, 1.54) is 44.6 Å². The van der Waals surface area contributed by atoms with E-state index in [1.54, 1.807) is 0 Å². The average Bonchev–Trinajstić information content (AvgIpc) is 2.97. The second kappa shape index (κ2) is 7.65. The molecule has 0 amide bonds. The highest BCUT2D eigenvalue weighted by Gasteiger charge is 2.29. The molecule has 2 aliphatic rings. The number of para-hydroxylation sites is 1. The Morgan fingerprint density at radius 3 is 2.15 bits per heavy atom. The van der Waals surface area contributed by atoms with Gasteiger partial charge in [-0.15, -0.1) is 0 Å². The van der Waals surface area contributed by atoms with Gasteiger partial charge in [-0.3, -0.25) is 4.90 Å². The van der Waals surface area contributed by atoms with Crippen molar-refractivity contribution in [3.05, 3.63) is 30.3 Å². The number of piperidine rings is 1. The van der Waals surface area contributed by atoms with Crippen molar-refractivity contribution in [2.24, 2.45) is 5.73 Å². The van der Waals surface area contributed by atoms with Crippen molar-refractivity contribution in [1.82, 2.24) is 4.90 Å². The third-order valence-corrected chi connectivity index (χ3v) is 4.36. The SMILES string of the molecule is CC.NC1CCN(C2CCN(c3ccccc3)CC2)C1. The molecule has 3 rings (SSSR count). The summed E-state index contributed by atoms with van der Waals surface area (Å²) < 4.78 is 0. The van der Waals surface area contributed by atoms with Crippen molar-refractivity contribution in [2.45, 2.75) is 45.2 Å². The minimum Gasteiger partial charge on any atom is -0.371 e. The van der Waals surface area contributed by atoms with E-state index in [0.29, 0.717) is 6.04 Å². The van der Waals surface area contributed by atoms with Crippen LogP contribution < -0.4 is 10.6 Å². The second-order valence-electron chi connectivity index (χ2n) is 5.60. The molecule has 0 aromatic heterocycles. The molecule has 0 spiro atoms. The lowest BCUT2D eigenvalue weighted by atomic mass is 10.0. The van der Waals surface area contributed by atoms with Crippen LogP contribution in [0.4, 0.5) is 5.69 Å². The Morgan fingerprint density at radius 2 is 1.60 bits per heavy atom. The topological polar surface area (TPSA) is 32.5 Å². The van der Waals surface area contributed by atoms with Gasteiger partial charge in [0, 0.05) is 44.0 Å². The summed E-state index contributed by atoms with van der Waals surface area (Å²) in [5.74, 6) is 0. The number of hydrogen-bond donors (Lipinski definition) is 1. The zero-order valence-electron chi connectivity index (χ0n) is 13.0. The zero-order chi connectivity index (χ0) is 14.4. The van der Waals surface area contributed by atoms with Gasteiger partial charge in [-0.25, -0.2) is 0 Å². The lowest BCUT2D eigenvalue weighted by Crippen LogP contribution is -2.44. The maximum absolute atomic E-state index is 6.00. The van der Waals surface area contributed by atoms with E-state index in [1.807, 2.05) is 13.8 Å². The van der Waals surface area contributed by atoms with Crippen molar-refractivity contribution in [1.29, 1.82) is 0 Å². The zero-order valence-corrected chi connectivity index (χ0v) is 13.0. The van der Waals surface area contributed by atoms with Crippen LogP contribution in [0.25, 0.3) is 0 Å². The summed E-state index contributed by atoms with van der Waals surface area (Å²) in [6.07, 6.45) is 3.74. The molecule has 1 aromatic rings. The first kappa shape index (κ1) is 15.3. The Hall–Kier alpha value is -1.06. The molecule has 2 heterocycles. The maximum Gasteiger partial charge on any atom is 0.0366 e. The Labute approximate surface area is 123 Å². The average molecular weight is 275 g/mol. The van der Waals surface area contributed by atoms with Gasteiger partial charge in [-0.2, -0.15) is 0 Å².